The van der Waals surface area contributed by atoms with Gasteiger partial charge in [-0.05, 0) is 12.3 Å². The van der Waals surface area contributed by atoms with Crippen LogP contribution in [0, 0.1) is 11.8 Å². The van der Waals surface area contributed by atoms with Crippen LogP contribution < -0.4 is 0 Å². The minimum Gasteiger partial charge on any atom is -0.465 e. The van der Waals surface area contributed by atoms with Gasteiger partial charge in [-0.25, -0.2) is 0 Å². The van der Waals surface area contributed by atoms with Gasteiger partial charge in [0.15, 0.2) is 0 Å². The highest BCUT2D eigenvalue weighted by Crippen LogP contribution is 2.28. The van der Waals surface area contributed by atoms with Crippen LogP contribution in [0.3, 0.4) is 0 Å². The zero-order valence-corrected chi connectivity index (χ0v) is 9.93. The van der Waals surface area contributed by atoms with E-state index in [0.29, 0.717) is 6.42 Å². The van der Waals surface area contributed by atoms with Crippen molar-refractivity contribution >= 4 is 5.97 Å². The van der Waals surface area contributed by atoms with E-state index in [-0.39, 0.29) is 18.9 Å². The summed E-state index contributed by atoms with van der Waals surface area (Å²) in [7, 11) is 0. The largest absolute Gasteiger partial charge is 0.465 e. The molecule has 0 fully saturated rings. The quantitative estimate of drug-likeness (QED) is 0.663. The Bertz CT molecular complexity index is 212. The molecule has 16 heavy (non-hydrogen) atoms. The van der Waals surface area contributed by atoms with E-state index in [1.54, 1.807) is 6.92 Å². The van der Waals surface area contributed by atoms with Crippen molar-refractivity contribution in [2.24, 2.45) is 11.8 Å². The molecule has 0 aromatic heterocycles. The summed E-state index contributed by atoms with van der Waals surface area (Å²) >= 11 is 0. The Morgan fingerprint density at radius 2 is 1.88 bits per heavy atom. The lowest BCUT2D eigenvalue weighted by atomic mass is 10.00. The summed E-state index contributed by atoms with van der Waals surface area (Å²) in [5.74, 6) is -1.64. The standard InChI is InChI=1S/C11H19F3O2/c1-4-5-9(6-11(12,13)14)10(15)16-7-8(2)3/h8-9H,4-7H2,1-3H3. The van der Waals surface area contributed by atoms with Gasteiger partial charge in [-0.3, -0.25) is 4.79 Å². The van der Waals surface area contributed by atoms with Gasteiger partial charge in [-0.15, -0.1) is 0 Å². The van der Waals surface area contributed by atoms with Gasteiger partial charge in [0.05, 0.1) is 18.9 Å². The summed E-state index contributed by atoms with van der Waals surface area (Å²) in [4.78, 5) is 11.4. The molecule has 5 heteroatoms. The first kappa shape index (κ1) is 15.3. The van der Waals surface area contributed by atoms with Crippen LogP contribution in [0.1, 0.15) is 40.0 Å². The molecular formula is C11H19F3O2. The molecule has 0 aliphatic heterocycles. The highest BCUT2D eigenvalue weighted by Gasteiger charge is 2.35. The second kappa shape index (κ2) is 6.76. The molecule has 0 bridgehead atoms. The number of rotatable bonds is 6. The molecule has 1 atom stereocenters. The lowest BCUT2D eigenvalue weighted by Gasteiger charge is -2.17. The molecule has 0 rings (SSSR count). The second-order valence-corrected chi connectivity index (χ2v) is 4.33. The topological polar surface area (TPSA) is 26.3 Å². The molecule has 0 radical (unpaired) electrons. The fraction of sp³-hybridized carbons (Fsp3) is 0.909. The Labute approximate surface area is 94.2 Å². The molecule has 96 valence electrons. The van der Waals surface area contributed by atoms with Crippen LogP contribution >= 0.6 is 0 Å². The van der Waals surface area contributed by atoms with Crippen LogP contribution in [0.25, 0.3) is 0 Å². The Kier molecular flexibility index (Phi) is 6.45. The minimum atomic E-state index is -4.31. The Morgan fingerprint density at radius 3 is 2.25 bits per heavy atom. The number of esters is 1. The van der Waals surface area contributed by atoms with Gasteiger partial charge in [0, 0.05) is 0 Å². The fourth-order valence-electron chi connectivity index (χ4n) is 1.30. The smallest absolute Gasteiger partial charge is 0.389 e. The molecule has 0 heterocycles. The Balaban J connectivity index is 4.24. The molecule has 0 spiro atoms. The van der Waals surface area contributed by atoms with Gasteiger partial charge in [-0.2, -0.15) is 13.2 Å². The maximum atomic E-state index is 12.2. The number of carbonyl (C=O) groups excluding carboxylic acids is 1. The highest BCUT2D eigenvalue weighted by molar-refractivity contribution is 5.72. The molecule has 0 aliphatic rings. The number of hydrogen-bond donors (Lipinski definition) is 0. The maximum absolute atomic E-state index is 12.2. The number of ether oxygens (including phenoxy) is 1. The Hall–Kier alpha value is -0.740. The zero-order valence-electron chi connectivity index (χ0n) is 9.93. The number of alkyl halides is 3. The summed E-state index contributed by atoms with van der Waals surface area (Å²) in [6.45, 7) is 5.60. The van der Waals surface area contributed by atoms with Crippen molar-refractivity contribution in [3.63, 3.8) is 0 Å². The first-order valence-electron chi connectivity index (χ1n) is 5.49. The summed E-state index contributed by atoms with van der Waals surface area (Å²) in [5, 5.41) is 0. The monoisotopic (exact) mass is 240 g/mol. The molecule has 0 saturated heterocycles. The molecule has 0 aromatic rings. The van der Waals surface area contributed by atoms with Crippen LogP contribution in [0.4, 0.5) is 13.2 Å². The third kappa shape index (κ3) is 7.54. The van der Waals surface area contributed by atoms with Crippen LogP contribution in [-0.2, 0) is 9.53 Å². The lowest BCUT2D eigenvalue weighted by molar-refractivity contribution is -0.169. The molecule has 2 nitrogen and oxygen atoms in total. The normalized spacial score (nSPS) is 13.9. The van der Waals surface area contributed by atoms with E-state index in [1.165, 1.54) is 0 Å². The summed E-state index contributed by atoms with van der Waals surface area (Å²) in [5.41, 5.74) is 0. The van der Waals surface area contributed by atoms with Crippen molar-refractivity contribution in [3.05, 3.63) is 0 Å². The van der Waals surface area contributed by atoms with Crippen molar-refractivity contribution in [3.8, 4) is 0 Å². The fourth-order valence-corrected chi connectivity index (χ4v) is 1.30. The van der Waals surface area contributed by atoms with E-state index in [0.717, 1.165) is 0 Å². The van der Waals surface area contributed by atoms with Gasteiger partial charge in [-0.1, -0.05) is 27.2 Å². The average molecular weight is 240 g/mol. The van der Waals surface area contributed by atoms with Gasteiger partial charge in [0.1, 0.15) is 0 Å². The van der Waals surface area contributed by atoms with Crippen molar-refractivity contribution < 1.29 is 22.7 Å². The number of hydrogen-bond acceptors (Lipinski definition) is 2. The molecule has 0 saturated carbocycles. The van der Waals surface area contributed by atoms with Gasteiger partial charge >= 0.3 is 12.1 Å². The summed E-state index contributed by atoms with van der Waals surface area (Å²) in [6, 6.07) is 0. The van der Waals surface area contributed by atoms with Crippen molar-refractivity contribution in [2.45, 2.75) is 46.2 Å². The van der Waals surface area contributed by atoms with Crippen LogP contribution in [0.5, 0.6) is 0 Å². The molecule has 0 amide bonds. The van der Waals surface area contributed by atoms with Crippen molar-refractivity contribution in [1.29, 1.82) is 0 Å². The van der Waals surface area contributed by atoms with Gasteiger partial charge < -0.3 is 4.74 Å². The third-order valence-corrected chi connectivity index (χ3v) is 2.01. The molecule has 1 unspecified atom stereocenters. The first-order valence-corrected chi connectivity index (χ1v) is 5.49. The summed E-state index contributed by atoms with van der Waals surface area (Å²) < 4.78 is 41.4. The Morgan fingerprint density at radius 1 is 1.31 bits per heavy atom. The van der Waals surface area contributed by atoms with Crippen molar-refractivity contribution in [2.75, 3.05) is 6.61 Å². The van der Waals surface area contributed by atoms with E-state index in [4.69, 9.17) is 4.74 Å². The number of halogens is 3. The average Bonchev–Trinajstić information content (AvgIpc) is 2.11. The lowest BCUT2D eigenvalue weighted by Crippen LogP contribution is -2.25. The van der Waals surface area contributed by atoms with Crippen molar-refractivity contribution in [1.82, 2.24) is 0 Å². The van der Waals surface area contributed by atoms with E-state index < -0.39 is 24.5 Å². The highest BCUT2D eigenvalue weighted by atomic mass is 19.4. The van der Waals surface area contributed by atoms with Gasteiger partial charge in [0.2, 0.25) is 0 Å². The zero-order chi connectivity index (χ0) is 12.8. The second-order valence-electron chi connectivity index (χ2n) is 4.33. The van der Waals surface area contributed by atoms with E-state index >= 15 is 0 Å². The maximum Gasteiger partial charge on any atom is 0.389 e. The molecular weight excluding hydrogens is 221 g/mol. The van der Waals surface area contributed by atoms with Crippen LogP contribution in [-0.4, -0.2) is 18.8 Å². The molecule has 0 aromatic carbocycles. The SMILES string of the molecule is CCCC(CC(F)(F)F)C(=O)OCC(C)C. The van der Waals surface area contributed by atoms with Crippen LogP contribution in [0.2, 0.25) is 0 Å². The van der Waals surface area contributed by atoms with Crippen LogP contribution in [0.15, 0.2) is 0 Å². The molecule has 0 N–H and O–H groups in total. The van der Waals surface area contributed by atoms with E-state index in [9.17, 15) is 18.0 Å². The predicted molar refractivity (Wildman–Crippen MR) is 54.9 cm³/mol. The van der Waals surface area contributed by atoms with E-state index in [1.807, 2.05) is 13.8 Å². The third-order valence-electron chi connectivity index (χ3n) is 2.01. The van der Waals surface area contributed by atoms with E-state index in [2.05, 4.69) is 0 Å². The molecule has 0 aliphatic carbocycles. The van der Waals surface area contributed by atoms with Gasteiger partial charge in [0.25, 0.3) is 0 Å². The first-order chi connectivity index (χ1) is 7.26. The summed E-state index contributed by atoms with van der Waals surface area (Å²) in [6.07, 6.45) is -4.64. The number of carbonyl (C=O) groups is 1. The minimum absolute atomic E-state index is 0.136. The predicted octanol–water partition coefficient (Wildman–Crippen LogP) is 3.55.